The standard InChI is InChI=1S/C23H25F2N3O4S/c1-13(2)28-11-16(8-15(5)22(28)29)20-10-18(12-33(30,31)14(3)4)26-23(27-20)32-21-7-6-17(24)9-19(21)25/h6-11,13-14H,12H2,1-5H3. The molecule has 10 heteroatoms. The van der Waals surface area contributed by atoms with Gasteiger partial charge < -0.3 is 9.30 Å². The molecule has 0 aliphatic heterocycles. The van der Waals surface area contributed by atoms with Crippen LogP contribution >= 0.6 is 0 Å². The summed E-state index contributed by atoms with van der Waals surface area (Å²) in [7, 11) is -3.51. The Morgan fingerprint density at radius 2 is 1.76 bits per heavy atom. The molecule has 0 aliphatic rings. The minimum atomic E-state index is -3.51. The molecule has 2 aromatic heterocycles. The third-order valence-corrected chi connectivity index (χ3v) is 7.13. The van der Waals surface area contributed by atoms with Gasteiger partial charge in [-0.15, -0.1) is 0 Å². The van der Waals surface area contributed by atoms with Gasteiger partial charge in [-0.1, -0.05) is 0 Å². The van der Waals surface area contributed by atoms with Crippen LogP contribution in [0.3, 0.4) is 0 Å². The summed E-state index contributed by atoms with van der Waals surface area (Å²) in [5.74, 6) is -2.42. The Kier molecular flexibility index (Phi) is 6.97. The summed E-state index contributed by atoms with van der Waals surface area (Å²) in [5, 5.41) is -0.639. The van der Waals surface area contributed by atoms with E-state index < -0.39 is 26.7 Å². The van der Waals surface area contributed by atoms with Crippen LogP contribution in [0.2, 0.25) is 0 Å². The maximum atomic E-state index is 14.1. The smallest absolute Gasteiger partial charge is 0.322 e. The molecule has 0 aliphatic carbocycles. The molecule has 0 bridgehead atoms. The summed E-state index contributed by atoms with van der Waals surface area (Å²) >= 11 is 0. The Morgan fingerprint density at radius 3 is 2.36 bits per heavy atom. The number of sulfone groups is 1. The fourth-order valence-corrected chi connectivity index (χ4v) is 3.93. The van der Waals surface area contributed by atoms with E-state index in [0.29, 0.717) is 22.9 Å². The first-order valence-corrected chi connectivity index (χ1v) is 12.0. The monoisotopic (exact) mass is 477 g/mol. The molecule has 0 amide bonds. The van der Waals surface area contributed by atoms with Crippen LogP contribution in [0.15, 0.2) is 41.3 Å². The Morgan fingerprint density at radius 1 is 1.06 bits per heavy atom. The van der Waals surface area contributed by atoms with Crippen molar-refractivity contribution in [2.45, 2.75) is 51.7 Å². The predicted octanol–water partition coefficient (Wildman–Crippen LogP) is 4.59. The minimum absolute atomic E-state index is 0.122. The van der Waals surface area contributed by atoms with E-state index in [1.54, 1.807) is 33.0 Å². The summed E-state index contributed by atoms with van der Waals surface area (Å²) < 4.78 is 59.4. The second-order valence-corrected chi connectivity index (χ2v) is 10.8. The highest BCUT2D eigenvalue weighted by atomic mass is 32.2. The summed E-state index contributed by atoms with van der Waals surface area (Å²) in [5.41, 5.74) is 1.30. The average molecular weight is 478 g/mol. The van der Waals surface area contributed by atoms with E-state index in [-0.39, 0.29) is 34.8 Å². The fourth-order valence-electron chi connectivity index (χ4n) is 3.04. The number of aromatic nitrogens is 3. The van der Waals surface area contributed by atoms with Crippen molar-refractivity contribution in [2.75, 3.05) is 0 Å². The number of hydrogen-bond donors (Lipinski definition) is 0. The van der Waals surface area contributed by atoms with E-state index in [4.69, 9.17) is 4.74 Å². The molecule has 33 heavy (non-hydrogen) atoms. The Balaban J connectivity index is 2.16. The molecule has 0 spiro atoms. The van der Waals surface area contributed by atoms with Crippen molar-refractivity contribution in [2.24, 2.45) is 0 Å². The van der Waals surface area contributed by atoms with Gasteiger partial charge in [0, 0.05) is 29.4 Å². The maximum Gasteiger partial charge on any atom is 0.322 e. The number of halogens is 2. The van der Waals surface area contributed by atoms with Crippen LogP contribution in [0.1, 0.15) is 45.0 Å². The average Bonchev–Trinajstić information content (AvgIpc) is 2.71. The van der Waals surface area contributed by atoms with E-state index >= 15 is 0 Å². The first kappa shape index (κ1) is 24.5. The highest BCUT2D eigenvalue weighted by Crippen LogP contribution is 2.27. The molecule has 3 rings (SSSR count). The van der Waals surface area contributed by atoms with Crippen molar-refractivity contribution in [3.8, 4) is 23.0 Å². The second kappa shape index (κ2) is 9.38. The van der Waals surface area contributed by atoms with Gasteiger partial charge in [0.25, 0.3) is 5.56 Å². The molecule has 3 aromatic rings. The van der Waals surface area contributed by atoms with Crippen LogP contribution in [0.25, 0.3) is 11.3 Å². The molecule has 0 N–H and O–H groups in total. The van der Waals surface area contributed by atoms with Gasteiger partial charge in [-0.05, 0) is 58.9 Å². The number of pyridine rings is 1. The number of nitrogens with zero attached hydrogens (tertiary/aromatic N) is 3. The molecular weight excluding hydrogens is 452 g/mol. The molecule has 2 heterocycles. The van der Waals surface area contributed by atoms with Gasteiger partial charge in [0.2, 0.25) is 0 Å². The van der Waals surface area contributed by atoms with Gasteiger partial charge in [-0.25, -0.2) is 17.2 Å². The fraction of sp³-hybridized carbons (Fsp3) is 0.348. The third kappa shape index (κ3) is 5.62. The highest BCUT2D eigenvalue weighted by Gasteiger charge is 2.21. The molecule has 0 radical (unpaired) electrons. The lowest BCUT2D eigenvalue weighted by Gasteiger charge is -2.15. The number of benzene rings is 1. The lowest BCUT2D eigenvalue weighted by atomic mass is 10.1. The zero-order valence-electron chi connectivity index (χ0n) is 19.0. The molecule has 7 nitrogen and oxygen atoms in total. The van der Waals surface area contributed by atoms with E-state index in [1.165, 1.54) is 10.6 Å². The molecule has 0 saturated carbocycles. The van der Waals surface area contributed by atoms with Crippen LogP contribution in [0.4, 0.5) is 8.78 Å². The van der Waals surface area contributed by atoms with Crippen LogP contribution in [-0.2, 0) is 15.6 Å². The Hall–Kier alpha value is -3.14. The number of ether oxygens (including phenoxy) is 1. The second-order valence-electron chi connectivity index (χ2n) is 8.28. The van der Waals surface area contributed by atoms with E-state index in [2.05, 4.69) is 9.97 Å². The SMILES string of the molecule is Cc1cc(-c2cc(CS(=O)(=O)C(C)C)nc(Oc3ccc(F)cc3F)n2)cn(C(C)C)c1=O. The first-order chi connectivity index (χ1) is 15.4. The summed E-state index contributed by atoms with van der Waals surface area (Å²) in [6.45, 7) is 8.50. The van der Waals surface area contributed by atoms with Gasteiger partial charge in [0.05, 0.1) is 22.4 Å². The largest absolute Gasteiger partial charge is 0.421 e. The molecule has 176 valence electrons. The molecule has 0 saturated heterocycles. The number of aryl methyl sites for hydroxylation is 1. The van der Waals surface area contributed by atoms with Gasteiger partial charge >= 0.3 is 6.01 Å². The maximum absolute atomic E-state index is 14.1. The highest BCUT2D eigenvalue weighted by molar-refractivity contribution is 7.91. The molecule has 0 unspecified atom stereocenters. The summed E-state index contributed by atoms with van der Waals surface area (Å²) in [4.78, 5) is 20.9. The zero-order chi connectivity index (χ0) is 24.5. The lowest BCUT2D eigenvalue weighted by Crippen LogP contribution is -2.23. The normalized spacial score (nSPS) is 11.9. The van der Waals surface area contributed by atoms with Crippen LogP contribution < -0.4 is 10.3 Å². The van der Waals surface area contributed by atoms with Crippen molar-refractivity contribution < 1.29 is 21.9 Å². The van der Waals surface area contributed by atoms with E-state index in [0.717, 1.165) is 12.1 Å². The van der Waals surface area contributed by atoms with Gasteiger partial charge in [-0.2, -0.15) is 9.97 Å². The van der Waals surface area contributed by atoms with Crippen molar-refractivity contribution in [1.82, 2.24) is 14.5 Å². The van der Waals surface area contributed by atoms with Crippen LogP contribution in [0, 0.1) is 18.6 Å². The van der Waals surface area contributed by atoms with Crippen molar-refractivity contribution in [3.05, 3.63) is 69.8 Å². The van der Waals surface area contributed by atoms with E-state index in [1.807, 2.05) is 13.8 Å². The van der Waals surface area contributed by atoms with Crippen LogP contribution in [0.5, 0.6) is 11.8 Å². The Bertz CT molecular complexity index is 1350. The molecule has 0 atom stereocenters. The first-order valence-electron chi connectivity index (χ1n) is 10.3. The quantitative estimate of drug-likeness (QED) is 0.494. The molecule has 1 aromatic carbocycles. The van der Waals surface area contributed by atoms with Gasteiger partial charge in [0.15, 0.2) is 21.4 Å². The van der Waals surface area contributed by atoms with E-state index in [9.17, 15) is 22.0 Å². The van der Waals surface area contributed by atoms with Crippen LogP contribution in [-0.4, -0.2) is 28.2 Å². The number of rotatable bonds is 7. The van der Waals surface area contributed by atoms with Gasteiger partial charge in [-0.3, -0.25) is 4.79 Å². The molecule has 0 fully saturated rings. The number of hydrogen-bond acceptors (Lipinski definition) is 6. The zero-order valence-corrected chi connectivity index (χ0v) is 19.8. The van der Waals surface area contributed by atoms with Crippen molar-refractivity contribution in [1.29, 1.82) is 0 Å². The summed E-state index contributed by atoms with van der Waals surface area (Å²) in [6, 6.07) is 5.48. The minimum Gasteiger partial charge on any atom is -0.421 e. The van der Waals surface area contributed by atoms with Gasteiger partial charge in [0.1, 0.15) is 5.82 Å². The van der Waals surface area contributed by atoms with Crippen molar-refractivity contribution >= 4 is 9.84 Å². The molecular formula is C23H25F2N3O4S. The third-order valence-electron chi connectivity index (χ3n) is 5.00. The van der Waals surface area contributed by atoms with Crippen molar-refractivity contribution in [3.63, 3.8) is 0 Å². The lowest BCUT2D eigenvalue weighted by molar-refractivity contribution is 0.407. The Labute approximate surface area is 191 Å². The predicted molar refractivity (Wildman–Crippen MR) is 121 cm³/mol. The summed E-state index contributed by atoms with van der Waals surface area (Å²) in [6.07, 6.45) is 1.62. The topological polar surface area (TPSA) is 91.2 Å².